The largest absolute Gasteiger partial charge is 0.403 e. The standard InChI is InChI=1S/C19H27N7O/c1-13-6-7-15(17(22)12-25(23-2)11-14(21)9-20)16-10-24-26(19(13)16)18-5-3-4-8-27-18/h6-7,9-10,12,18H,2-5,8,11,20-22H2,1H3/b14-9-,17-12-. The van der Waals surface area contributed by atoms with E-state index >= 15 is 0 Å². The van der Waals surface area contributed by atoms with Crippen LogP contribution in [0.3, 0.4) is 0 Å². The van der Waals surface area contributed by atoms with E-state index in [-0.39, 0.29) is 6.23 Å². The van der Waals surface area contributed by atoms with Gasteiger partial charge in [-0.15, -0.1) is 0 Å². The maximum absolute atomic E-state index is 6.36. The quantitative estimate of drug-likeness (QED) is 0.529. The topological polar surface area (TPSA) is 121 Å². The Bertz CT molecular complexity index is 878. The van der Waals surface area contributed by atoms with Crippen molar-refractivity contribution in [1.29, 1.82) is 0 Å². The number of hydrogen-bond donors (Lipinski definition) is 3. The molecule has 8 heteroatoms. The summed E-state index contributed by atoms with van der Waals surface area (Å²) in [4.78, 5) is 0. The number of hydrazone groups is 1. The molecule has 1 unspecified atom stereocenters. The summed E-state index contributed by atoms with van der Waals surface area (Å²) in [6.07, 6.45) is 8.04. The number of rotatable bonds is 6. The van der Waals surface area contributed by atoms with Crippen LogP contribution in [-0.2, 0) is 4.74 Å². The van der Waals surface area contributed by atoms with Crippen LogP contribution in [0.5, 0.6) is 0 Å². The van der Waals surface area contributed by atoms with Gasteiger partial charge in [0.05, 0.1) is 24.0 Å². The van der Waals surface area contributed by atoms with E-state index in [1.807, 2.05) is 23.0 Å². The lowest BCUT2D eigenvalue weighted by molar-refractivity contribution is -0.0367. The van der Waals surface area contributed by atoms with E-state index in [2.05, 4.69) is 23.8 Å². The zero-order chi connectivity index (χ0) is 19.4. The molecule has 1 aliphatic heterocycles. The zero-order valence-corrected chi connectivity index (χ0v) is 15.6. The highest BCUT2D eigenvalue weighted by molar-refractivity contribution is 5.93. The van der Waals surface area contributed by atoms with Crippen molar-refractivity contribution in [3.05, 3.63) is 47.6 Å². The third kappa shape index (κ3) is 3.90. The summed E-state index contributed by atoms with van der Waals surface area (Å²) in [5.74, 6) is 0. The first-order chi connectivity index (χ1) is 13.0. The molecule has 0 saturated carbocycles. The second-order valence-electron chi connectivity index (χ2n) is 6.67. The van der Waals surface area contributed by atoms with Gasteiger partial charge < -0.3 is 21.9 Å². The third-order valence-electron chi connectivity index (χ3n) is 4.73. The van der Waals surface area contributed by atoms with Crippen molar-refractivity contribution >= 4 is 23.3 Å². The van der Waals surface area contributed by atoms with Gasteiger partial charge >= 0.3 is 0 Å². The Morgan fingerprint density at radius 1 is 1.44 bits per heavy atom. The molecular weight excluding hydrogens is 342 g/mol. The van der Waals surface area contributed by atoms with E-state index in [1.54, 1.807) is 11.2 Å². The van der Waals surface area contributed by atoms with Crippen molar-refractivity contribution < 1.29 is 4.74 Å². The van der Waals surface area contributed by atoms with Crippen molar-refractivity contribution in [1.82, 2.24) is 14.8 Å². The molecule has 8 nitrogen and oxygen atoms in total. The summed E-state index contributed by atoms with van der Waals surface area (Å²) in [5.41, 5.74) is 21.6. The molecule has 2 aromatic rings. The van der Waals surface area contributed by atoms with Crippen molar-refractivity contribution in [2.75, 3.05) is 13.2 Å². The van der Waals surface area contributed by atoms with Gasteiger partial charge in [-0.1, -0.05) is 12.1 Å². The number of aryl methyl sites for hydroxylation is 1. The van der Waals surface area contributed by atoms with Crippen LogP contribution in [0, 0.1) is 6.92 Å². The Kier molecular flexibility index (Phi) is 5.66. The maximum Gasteiger partial charge on any atom is 0.150 e. The molecular formula is C19H27N7O. The van der Waals surface area contributed by atoms with E-state index < -0.39 is 0 Å². The predicted octanol–water partition coefficient (Wildman–Crippen LogP) is 1.98. The smallest absolute Gasteiger partial charge is 0.150 e. The molecule has 1 atom stereocenters. The molecule has 1 saturated heterocycles. The van der Waals surface area contributed by atoms with E-state index in [0.29, 0.717) is 17.9 Å². The number of benzene rings is 1. The van der Waals surface area contributed by atoms with Gasteiger partial charge in [-0.05, 0) is 31.7 Å². The van der Waals surface area contributed by atoms with Gasteiger partial charge in [0.2, 0.25) is 0 Å². The van der Waals surface area contributed by atoms with Gasteiger partial charge in [0, 0.05) is 42.4 Å². The molecule has 0 spiro atoms. The highest BCUT2D eigenvalue weighted by Gasteiger charge is 2.21. The number of nitrogens with two attached hydrogens (primary N) is 3. The number of ether oxygens (including phenoxy) is 1. The number of hydrogen-bond acceptors (Lipinski definition) is 7. The van der Waals surface area contributed by atoms with E-state index in [4.69, 9.17) is 21.9 Å². The fourth-order valence-electron chi connectivity index (χ4n) is 3.32. The molecule has 3 rings (SSSR count). The molecule has 0 amide bonds. The first-order valence-corrected chi connectivity index (χ1v) is 9.00. The monoisotopic (exact) mass is 369 g/mol. The summed E-state index contributed by atoms with van der Waals surface area (Å²) in [7, 11) is 0. The summed E-state index contributed by atoms with van der Waals surface area (Å²) in [5, 5.41) is 11.1. The van der Waals surface area contributed by atoms with Crippen molar-refractivity contribution in [3.63, 3.8) is 0 Å². The van der Waals surface area contributed by atoms with E-state index in [0.717, 1.165) is 47.9 Å². The molecule has 1 aliphatic rings. The predicted molar refractivity (Wildman–Crippen MR) is 108 cm³/mol. The minimum atomic E-state index is -0.0313. The lowest BCUT2D eigenvalue weighted by atomic mass is 10.0. The molecule has 1 aromatic heterocycles. The average Bonchev–Trinajstić information content (AvgIpc) is 3.14. The number of aromatic nitrogens is 2. The van der Waals surface area contributed by atoms with Crippen molar-refractivity contribution in [2.24, 2.45) is 22.3 Å². The molecule has 0 radical (unpaired) electrons. The molecule has 1 aromatic carbocycles. The Labute approximate surface area is 158 Å². The lowest BCUT2D eigenvalue weighted by Crippen LogP contribution is -2.20. The summed E-state index contributed by atoms with van der Waals surface area (Å²) >= 11 is 0. The highest BCUT2D eigenvalue weighted by Crippen LogP contribution is 2.31. The van der Waals surface area contributed by atoms with Gasteiger partial charge in [-0.25, -0.2) is 4.68 Å². The minimum absolute atomic E-state index is 0.0313. The van der Waals surface area contributed by atoms with Crippen LogP contribution in [0.25, 0.3) is 16.6 Å². The number of fused-ring (bicyclic) bond motifs is 1. The molecule has 6 N–H and O–H groups in total. The fraction of sp³-hybridized carbons (Fsp3) is 0.368. The SMILES string of the molecule is C=NN(/C=C(\N)c1ccc(C)c2c1cnn2C1CCCCO1)C/C(N)=C/N. The van der Waals surface area contributed by atoms with Crippen LogP contribution in [0.2, 0.25) is 0 Å². The number of nitrogens with zero attached hydrogens (tertiary/aromatic N) is 4. The lowest BCUT2D eigenvalue weighted by Gasteiger charge is -2.24. The first-order valence-electron chi connectivity index (χ1n) is 9.00. The zero-order valence-electron chi connectivity index (χ0n) is 15.6. The molecule has 144 valence electrons. The Morgan fingerprint density at radius 2 is 2.26 bits per heavy atom. The normalized spacial score (nSPS) is 18.6. The Hall–Kier alpha value is -3.00. The van der Waals surface area contributed by atoms with Crippen LogP contribution in [0.1, 0.15) is 36.6 Å². The highest BCUT2D eigenvalue weighted by atomic mass is 16.5. The van der Waals surface area contributed by atoms with Crippen molar-refractivity contribution in [2.45, 2.75) is 32.4 Å². The van der Waals surface area contributed by atoms with Crippen LogP contribution < -0.4 is 17.2 Å². The molecule has 27 heavy (non-hydrogen) atoms. The van der Waals surface area contributed by atoms with Gasteiger partial charge in [0.15, 0.2) is 6.23 Å². The van der Waals surface area contributed by atoms with E-state index in [1.165, 1.54) is 6.20 Å². The third-order valence-corrected chi connectivity index (χ3v) is 4.73. The minimum Gasteiger partial charge on any atom is -0.403 e. The van der Waals surface area contributed by atoms with Crippen LogP contribution in [-0.4, -0.2) is 34.7 Å². The Balaban J connectivity index is 1.99. The van der Waals surface area contributed by atoms with Gasteiger partial charge in [0.25, 0.3) is 0 Å². The molecule has 2 heterocycles. The maximum atomic E-state index is 6.36. The van der Waals surface area contributed by atoms with E-state index in [9.17, 15) is 0 Å². The van der Waals surface area contributed by atoms with Gasteiger partial charge in [-0.2, -0.15) is 10.2 Å². The molecule has 1 fully saturated rings. The average molecular weight is 369 g/mol. The summed E-state index contributed by atoms with van der Waals surface area (Å²) < 4.78 is 7.89. The van der Waals surface area contributed by atoms with Crippen LogP contribution >= 0.6 is 0 Å². The van der Waals surface area contributed by atoms with Gasteiger partial charge in [-0.3, -0.25) is 5.01 Å². The first kappa shape index (κ1) is 18.8. The van der Waals surface area contributed by atoms with Crippen LogP contribution in [0.4, 0.5) is 0 Å². The van der Waals surface area contributed by atoms with Crippen LogP contribution in [0.15, 0.2) is 41.5 Å². The molecule has 0 aliphatic carbocycles. The summed E-state index contributed by atoms with van der Waals surface area (Å²) in [6, 6.07) is 4.03. The summed E-state index contributed by atoms with van der Waals surface area (Å²) in [6.45, 7) is 6.70. The Morgan fingerprint density at radius 3 is 2.93 bits per heavy atom. The second-order valence-corrected chi connectivity index (χ2v) is 6.67. The van der Waals surface area contributed by atoms with Gasteiger partial charge in [0.1, 0.15) is 0 Å². The fourth-order valence-corrected chi connectivity index (χ4v) is 3.32. The molecule has 0 bridgehead atoms. The van der Waals surface area contributed by atoms with Crippen molar-refractivity contribution in [3.8, 4) is 0 Å². The second kappa shape index (κ2) is 8.13.